The molecule has 0 spiro atoms. The Kier molecular flexibility index (Phi) is 17.7. The molecule has 2 saturated heterocycles. The molecule has 0 N–H and O–H groups in total. The molecular weight excluding hydrogens is 516 g/mol. The molecule has 5 amide bonds. The highest BCUT2D eigenvalue weighted by Crippen LogP contribution is 2.26. The summed E-state index contributed by atoms with van der Waals surface area (Å²) in [5, 5.41) is 0. The molecule has 232 valence electrons. The van der Waals surface area contributed by atoms with E-state index in [9.17, 15) is 19.2 Å². The van der Waals surface area contributed by atoms with E-state index in [2.05, 4.69) is 13.8 Å². The third-order valence-electron chi connectivity index (χ3n) is 7.55. The zero-order chi connectivity index (χ0) is 30.8. The highest BCUT2D eigenvalue weighted by Gasteiger charge is 2.31. The number of nitrogens with zero attached hydrogens (tertiary/aromatic N) is 4. The van der Waals surface area contributed by atoms with Crippen LogP contribution in [0.15, 0.2) is 24.3 Å². The molecular formula is C33H56N4O4. The highest BCUT2D eigenvalue weighted by atomic mass is 16.2. The summed E-state index contributed by atoms with van der Waals surface area (Å²) in [6, 6.07) is 7.43. The van der Waals surface area contributed by atoms with Crippen molar-refractivity contribution >= 4 is 23.8 Å². The van der Waals surface area contributed by atoms with E-state index >= 15 is 0 Å². The van der Waals surface area contributed by atoms with Gasteiger partial charge in [-0.2, -0.15) is 0 Å². The maximum atomic E-state index is 12.5. The minimum atomic E-state index is -0.236. The van der Waals surface area contributed by atoms with Crippen molar-refractivity contribution in [3.63, 3.8) is 0 Å². The van der Waals surface area contributed by atoms with Gasteiger partial charge in [0.2, 0.25) is 11.8 Å². The van der Waals surface area contributed by atoms with Crippen LogP contribution in [-0.2, 0) is 9.59 Å². The lowest BCUT2D eigenvalue weighted by atomic mass is 9.88. The zero-order valence-corrected chi connectivity index (χ0v) is 26.9. The first-order chi connectivity index (χ1) is 19.7. The quantitative estimate of drug-likeness (QED) is 0.421. The second kappa shape index (κ2) is 20.1. The monoisotopic (exact) mass is 572 g/mol. The molecule has 41 heavy (non-hydrogen) atoms. The molecule has 0 aromatic heterocycles. The molecule has 0 atom stereocenters. The van der Waals surface area contributed by atoms with E-state index in [1.807, 2.05) is 47.6 Å². The number of imide groups is 1. The Balaban J connectivity index is 0.000000370. The van der Waals surface area contributed by atoms with Crippen LogP contribution in [0.1, 0.15) is 108 Å². The van der Waals surface area contributed by atoms with Gasteiger partial charge in [-0.05, 0) is 44.2 Å². The Bertz CT molecular complexity index is 931. The molecule has 3 fully saturated rings. The number of aryl methyl sites for hydroxylation is 1. The van der Waals surface area contributed by atoms with Gasteiger partial charge in [-0.15, -0.1) is 0 Å². The predicted molar refractivity (Wildman–Crippen MR) is 167 cm³/mol. The predicted octanol–water partition coefficient (Wildman–Crippen LogP) is 6.37. The van der Waals surface area contributed by atoms with Crippen molar-refractivity contribution in [1.29, 1.82) is 0 Å². The van der Waals surface area contributed by atoms with Crippen molar-refractivity contribution in [3.8, 4) is 0 Å². The number of hydrogen-bond donors (Lipinski definition) is 0. The van der Waals surface area contributed by atoms with E-state index in [1.165, 1.54) is 37.6 Å². The fraction of sp³-hybridized carbons (Fsp3) is 0.697. The largest absolute Gasteiger partial charge is 0.339 e. The van der Waals surface area contributed by atoms with Crippen LogP contribution in [-0.4, -0.2) is 89.7 Å². The normalized spacial score (nSPS) is 16.7. The number of piperazine rings is 1. The molecule has 8 heteroatoms. The molecule has 1 saturated carbocycles. The average Bonchev–Trinajstić information content (AvgIpc) is 3.57. The van der Waals surface area contributed by atoms with Crippen molar-refractivity contribution in [2.24, 2.45) is 5.92 Å². The maximum Gasteiger partial charge on any atom is 0.320 e. The Hall–Kier alpha value is -2.90. The molecule has 1 aliphatic carbocycles. The Morgan fingerprint density at radius 2 is 1.24 bits per heavy atom. The number of carbonyl (C=O) groups excluding carboxylic acids is 4. The smallest absolute Gasteiger partial charge is 0.320 e. The summed E-state index contributed by atoms with van der Waals surface area (Å²) in [7, 11) is 1.51. The van der Waals surface area contributed by atoms with Gasteiger partial charge in [0.15, 0.2) is 0 Å². The fourth-order valence-corrected chi connectivity index (χ4v) is 5.18. The lowest BCUT2D eigenvalue weighted by Crippen LogP contribution is -2.54. The minimum absolute atomic E-state index is 0.164. The van der Waals surface area contributed by atoms with Gasteiger partial charge in [0, 0.05) is 64.2 Å². The lowest BCUT2D eigenvalue weighted by Gasteiger charge is -2.38. The molecule has 8 nitrogen and oxygen atoms in total. The first kappa shape index (κ1) is 36.1. The van der Waals surface area contributed by atoms with Gasteiger partial charge >= 0.3 is 6.03 Å². The number of carbonyl (C=O) groups is 4. The molecule has 4 rings (SSSR count). The highest BCUT2D eigenvalue weighted by molar-refractivity contribution is 6.05. The number of hydrogen-bond acceptors (Lipinski definition) is 4. The van der Waals surface area contributed by atoms with Gasteiger partial charge in [-0.25, -0.2) is 4.79 Å². The lowest BCUT2D eigenvalue weighted by molar-refractivity contribution is -0.138. The van der Waals surface area contributed by atoms with Crippen LogP contribution in [0.3, 0.4) is 0 Å². The summed E-state index contributed by atoms with van der Waals surface area (Å²) < 4.78 is 0. The number of urea groups is 1. The van der Waals surface area contributed by atoms with E-state index in [1.54, 1.807) is 19.1 Å². The van der Waals surface area contributed by atoms with E-state index in [-0.39, 0.29) is 23.8 Å². The van der Waals surface area contributed by atoms with Crippen LogP contribution < -0.4 is 0 Å². The average molecular weight is 573 g/mol. The van der Waals surface area contributed by atoms with Crippen molar-refractivity contribution in [1.82, 2.24) is 19.6 Å². The van der Waals surface area contributed by atoms with Crippen LogP contribution >= 0.6 is 0 Å². The van der Waals surface area contributed by atoms with Crippen LogP contribution in [0.25, 0.3) is 0 Å². The van der Waals surface area contributed by atoms with Crippen molar-refractivity contribution in [3.05, 3.63) is 35.4 Å². The third-order valence-corrected chi connectivity index (χ3v) is 7.55. The van der Waals surface area contributed by atoms with E-state index in [4.69, 9.17) is 0 Å². The molecule has 0 unspecified atom stereocenters. The topological polar surface area (TPSA) is 81.2 Å². The van der Waals surface area contributed by atoms with Gasteiger partial charge < -0.3 is 14.7 Å². The fourth-order valence-electron chi connectivity index (χ4n) is 5.18. The first-order valence-electron chi connectivity index (χ1n) is 15.9. The molecule has 1 aromatic rings. The van der Waals surface area contributed by atoms with Crippen molar-refractivity contribution in [2.45, 2.75) is 99.3 Å². The molecule has 0 bridgehead atoms. The van der Waals surface area contributed by atoms with Crippen molar-refractivity contribution in [2.75, 3.05) is 46.3 Å². The summed E-state index contributed by atoms with van der Waals surface area (Å²) >= 11 is 0. The van der Waals surface area contributed by atoms with E-state index in [0.717, 1.165) is 57.4 Å². The Morgan fingerprint density at radius 1 is 0.756 bits per heavy atom. The van der Waals surface area contributed by atoms with Crippen molar-refractivity contribution < 1.29 is 19.2 Å². The number of benzene rings is 1. The van der Waals surface area contributed by atoms with E-state index in [0.29, 0.717) is 31.0 Å². The summed E-state index contributed by atoms with van der Waals surface area (Å²) in [5.41, 5.74) is 1.47. The number of likely N-dealkylation sites (tertiary alicyclic amines) is 1. The summed E-state index contributed by atoms with van der Waals surface area (Å²) in [6.07, 6.45) is 9.65. The van der Waals surface area contributed by atoms with E-state index < -0.39 is 0 Å². The summed E-state index contributed by atoms with van der Waals surface area (Å²) in [4.78, 5) is 55.1. The molecule has 2 heterocycles. The van der Waals surface area contributed by atoms with Gasteiger partial charge in [-0.3, -0.25) is 19.3 Å². The Labute approximate surface area is 249 Å². The van der Waals surface area contributed by atoms with Gasteiger partial charge in [-0.1, -0.05) is 78.5 Å². The maximum absolute atomic E-state index is 12.5. The molecule has 1 aromatic carbocycles. The summed E-state index contributed by atoms with van der Waals surface area (Å²) in [6.45, 7) is 16.5. The molecule has 0 radical (unpaired) electrons. The van der Waals surface area contributed by atoms with Crippen LogP contribution in [0.4, 0.5) is 4.79 Å². The van der Waals surface area contributed by atoms with Gasteiger partial charge in [0.25, 0.3) is 5.91 Å². The van der Waals surface area contributed by atoms with Gasteiger partial charge in [0.05, 0.1) is 0 Å². The number of rotatable bonds is 3. The molecule has 3 aliphatic rings. The Morgan fingerprint density at radius 3 is 1.76 bits per heavy atom. The van der Waals surface area contributed by atoms with Crippen LogP contribution in [0, 0.1) is 12.8 Å². The van der Waals surface area contributed by atoms with Gasteiger partial charge in [0.1, 0.15) is 0 Å². The minimum Gasteiger partial charge on any atom is -0.339 e. The van der Waals surface area contributed by atoms with Crippen LogP contribution in [0.2, 0.25) is 0 Å². The SMILES string of the molecule is CC.CCC.CCC(=O)N(C)C(=O)c1ccccc1C.O=C(C1CCCCC1)N1CCN(C(=O)N2CCCC2)CC1. The first-order valence-corrected chi connectivity index (χ1v) is 15.9. The zero-order valence-electron chi connectivity index (χ0n) is 26.9. The summed E-state index contributed by atoms with van der Waals surface area (Å²) in [5.74, 6) is 0.186. The second-order valence-electron chi connectivity index (χ2n) is 10.8. The standard InChI is InChI=1S/C16H27N3O2.C12H15NO2.C3H8.C2H6/c20-15(14-6-2-1-3-7-14)17-10-12-19(13-11-17)16(21)18-8-4-5-9-18;1-4-11(14)13(3)12(15)10-8-6-5-7-9(10)2;1-3-2;1-2/h14H,1-13H2;5-8H,4H2,1-3H3;3H2,1-2H3;1-2H3. The number of amides is 5. The second-order valence-corrected chi connectivity index (χ2v) is 10.8. The third kappa shape index (κ3) is 11.5. The molecule has 2 aliphatic heterocycles. The van der Waals surface area contributed by atoms with Crippen LogP contribution in [0.5, 0.6) is 0 Å².